The first-order chi connectivity index (χ1) is 9.70. The van der Waals surface area contributed by atoms with Crippen molar-refractivity contribution in [2.75, 3.05) is 0 Å². The van der Waals surface area contributed by atoms with Gasteiger partial charge in [0.15, 0.2) is 5.82 Å². The first-order valence-electron chi connectivity index (χ1n) is 6.90. The fourth-order valence-electron chi connectivity index (χ4n) is 2.11. The van der Waals surface area contributed by atoms with Crippen molar-refractivity contribution in [3.8, 4) is 0 Å². The van der Waals surface area contributed by atoms with Gasteiger partial charge in [-0.15, -0.1) is 11.8 Å². The molecule has 0 aliphatic heterocycles. The minimum absolute atomic E-state index is 0.326. The summed E-state index contributed by atoms with van der Waals surface area (Å²) >= 11 is 1.69. The predicted molar refractivity (Wildman–Crippen MR) is 77.5 cm³/mol. The van der Waals surface area contributed by atoms with E-state index in [4.69, 9.17) is 4.52 Å². The van der Waals surface area contributed by atoms with Gasteiger partial charge in [0.25, 0.3) is 0 Å². The molecule has 0 saturated heterocycles. The van der Waals surface area contributed by atoms with Gasteiger partial charge in [0.05, 0.1) is 18.3 Å². The number of aliphatic hydroxyl groups excluding tert-OH is 1. The van der Waals surface area contributed by atoms with Crippen molar-refractivity contribution in [2.24, 2.45) is 5.92 Å². The van der Waals surface area contributed by atoms with E-state index in [2.05, 4.69) is 35.3 Å². The predicted octanol–water partition coefficient (Wildman–Crippen LogP) is 2.98. The van der Waals surface area contributed by atoms with Crippen molar-refractivity contribution >= 4 is 11.8 Å². The van der Waals surface area contributed by atoms with Crippen LogP contribution in [0.5, 0.6) is 0 Å². The van der Waals surface area contributed by atoms with Gasteiger partial charge in [-0.25, -0.2) is 0 Å². The van der Waals surface area contributed by atoms with Crippen LogP contribution >= 0.6 is 11.8 Å². The zero-order valence-corrected chi connectivity index (χ0v) is 12.3. The standard InChI is InChI=1S/C15H18N2O2S/c1-10-3-2-4-12(7-10)20-9-14-16-15(19-17-14)8-13(18)11-5-6-11/h2-4,7,11,13,18H,5-6,8-9H2,1H3. The molecule has 1 N–H and O–H groups in total. The van der Waals surface area contributed by atoms with E-state index in [0.717, 1.165) is 12.8 Å². The summed E-state index contributed by atoms with van der Waals surface area (Å²) in [7, 11) is 0. The highest BCUT2D eigenvalue weighted by molar-refractivity contribution is 7.98. The van der Waals surface area contributed by atoms with Crippen molar-refractivity contribution in [3.05, 3.63) is 41.5 Å². The molecule has 0 radical (unpaired) electrons. The van der Waals surface area contributed by atoms with Crippen LogP contribution in [0.25, 0.3) is 0 Å². The molecule has 1 saturated carbocycles. The topological polar surface area (TPSA) is 59.2 Å². The van der Waals surface area contributed by atoms with Crippen LogP contribution < -0.4 is 0 Å². The van der Waals surface area contributed by atoms with Gasteiger partial charge >= 0.3 is 0 Å². The number of nitrogens with zero attached hydrogens (tertiary/aromatic N) is 2. The highest BCUT2D eigenvalue weighted by Gasteiger charge is 2.30. The smallest absolute Gasteiger partial charge is 0.229 e. The molecule has 0 spiro atoms. The monoisotopic (exact) mass is 290 g/mol. The third-order valence-corrected chi connectivity index (χ3v) is 4.41. The normalized spacial score (nSPS) is 16.3. The second-order valence-electron chi connectivity index (χ2n) is 5.32. The van der Waals surface area contributed by atoms with Crippen LogP contribution in [-0.2, 0) is 12.2 Å². The van der Waals surface area contributed by atoms with Crippen LogP contribution in [0.3, 0.4) is 0 Å². The second kappa shape index (κ2) is 5.97. The Hall–Kier alpha value is -1.33. The van der Waals surface area contributed by atoms with Crippen LogP contribution in [0, 0.1) is 12.8 Å². The zero-order chi connectivity index (χ0) is 13.9. The number of hydrogen-bond acceptors (Lipinski definition) is 5. The van der Waals surface area contributed by atoms with Crippen molar-refractivity contribution in [2.45, 2.75) is 42.9 Å². The molecule has 0 bridgehead atoms. The Morgan fingerprint density at radius 2 is 2.30 bits per heavy atom. The van der Waals surface area contributed by atoms with Crippen LogP contribution in [0.2, 0.25) is 0 Å². The molecule has 0 amide bonds. The van der Waals surface area contributed by atoms with Crippen molar-refractivity contribution in [1.82, 2.24) is 10.1 Å². The Morgan fingerprint density at radius 1 is 1.45 bits per heavy atom. The summed E-state index contributed by atoms with van der Waals surface area (Å²) in [5.74, 6) is 2.36. The lowest BCUT2D eigenvalue weighted by atomic mass is 10.2. The summed E-state index contributed by atoms with van der Waals surface area (Å²) in [5.41, 5.74) is 1.25. The third kappa shape index (κ3) is 3.61. The van der Waals surface area contributed by atoms with E-state index in [-0.39, 0.29) is 6.10 Å². The van der Waals surface area contributed by atoms with Gasteiger partial charge in [-0.2, -0.15) is 4.98 Å². The highest BCUT2D eigenvalue weighted by Crippen LogP contribution is 2.33. The van der Waals surface area contributed by atoms with E-state index in [9.17, 15) is 5.11 Å². The summed E-state index contributed by atoms with van der Waals surface area (Å²) in [6.07, 6.45) is 2.39. The summed E-state index contributed by atoms with van der Waals surface area (Å²) in [4.78, 5) is 5.54. The summed E-state index contributed by atoms with van der Waals surface area (Å²) < 4.78 is 5.19. The van der Waals surface area contributed by atoms with Crippen molar-refractivity contribution in [3.63, 3.8) is 0 Å². The molecule has 106 valence electrons. The van der Waals surface area contributed by atoms with E-state index >= 15 is 0 Å². The molecule has 2 aromatic rings. The number of hydrogen-bond donors (Lipinski definition) is 1. The lowest BCUT2D eigenvalue weighted by Crippen LogP contribution is -2.12. The molecule has 1 atom stereocenters. The number of aromatic nitrogens is 2. The van der Waals surface area contributed by atoms with E-state index in [0.29, 0.717) is 29.8 Å². The number of benzene rings is 1. The molecule has 1 aromatic carbocycles. The average molecular weight is 290 g/mol. The first kappa shape index (κ1) is 13.6. The molecule has 1 aromatic heterocycles. The number of rotatable bonds is 6. The molecular formula is C15H18N2O2S. The first-order valence-corrected chi connectivity index (χ1v) is 7.88. The molecule has 1 fully saturated rings. The molecule has 1 unspecified atom stereocenters. The molecular weight excluding hydrogens is 272 g/mol. The number of aryl methyl sites for hydroxylation is 1. The van der Waals surface area contributed by atoms with Crippen LogP contribution in [0.1, 0.15) is 30.1 Å². The maximum absolute atomic E-state index is 9.86. The van der Waals surface area contributed by atoms with E-state index in [1.54, 1.807) is 11.8 Å². The lowest BCUT2D eigenvalue weighted by Gasteiger charge is -2.03. The minimum Gasteiger partial charge on any atom is -0.392 e. The van der Waals surface area contributed by atoms with Crippen LogP contribution in [0.15, 0.2) is 33.7 Å². The summed E-state index contributed by atoms with van der Waals surface area (Å²) in [6, 6.07) is 8.35. The maximum atomic E-state index is 9.86. The Bertz CT molecular complexity index is 581. The maximum Gasteiger partial charge on any atom is 0.229 e. The molecule has 3 rings (SSSR count). The fraction of sp³-hybridized carbons (Fsp3) is 0.467. The second-order valence-corrected chi connectivity index (χ2v) is 6.37. The average Bonchev–Trinajstić information content (AvgIpc) is 3.19. The Kier molecular flexibility index (Phi) is 4.08. The van der Waals surface area contributed by atoms with Gasteiger partial charge in [-0.05, 0) is 37.8 Å². The van der Waals surface area contributed by atoms with Crippen LogP contribution in [-0.4, -0.2) is 21.4 Å². The van der Waals surface area contributed by atoms with Gasteiger partial charge in [0.1, 0.15) is 0 Å². The van der Waals surface area contributed by atoms with E-state index < -0.39 is 0 Å². The molecule has 20 heavy (non-hydrogen) atoms. The van der Waals surface area contributed by atoms with Crippen LogP contribution in [0.4, 0.5) is 0 Å². The van der Waals surface area contributed by atoms with Gasteiger partial charge in [-0.3, -0.25) is 0 Å². The lowest BCUT2D eigenvalue weighted by molar-refractivity contribution is 0.140. The summed E-state index contributed by atoms with van der Waals surface area (Å²) in [5, 5.41) is 13.8. The molecule has 1 aliphatic rings. The van der Waals surface area contributed by atoms with Gasteiger partial charge in [-0.1, -0.05) is 22.9 Å². The Balaban J connectivity index is 1.54. The highest BCUT2D eigenvalue weighted by atomic mass is 32.2. The van der Waals surface area contributed by atoms with Gasteiger partial charge in [0.2, 0.25) is 5.89 Å². The van der Waals surface area contributed by atoms with Gasteiger partial charge in [0, 0.05) is 4.90 Å². The molecule has 4 nitrogen and oxygen atoms in total. The summed E-state index contributed by atoms with van der Waals surface area (Å²) in [6.45, 7) is 2.08. The Labute approximate surface area is 122 Å². The van der Waals surface area contributed by atoms with E-state index in [1.807, 2.05) is 6.07 Å². The van der Waals surface area contributed by atoms with E-state index in [1.165, 1.54) is 10.5 Å². The fourth-order valence-corrected chi connectivity index (χ4v) is 2.97. The Morgan fingerprint density at radius 3 is 3.05 bits per heavy atom. The number of thioether (sulfide) groups is 1. The number of aliphatic hydroxyl groups is 1. The molecule has 1 heterocycles. The molecule has 1 aliphatic carbocycles. The quantitative estimate of drug-likeness (QED) is 0.829. The van der Waals surface area contributed by atoms with Crippen molar-refractivity contribution < 1.29 is 9.63 Å². The SMILES string of the molecule is Cc1cccc(SCc2noc(CC(O)C3CC3)n2)c1. The minimum atomic E-state index is -0.326. The third-order valence-electron chi connectivity index (χ3n) is 3.42. The van der Waals surface area contributed by atoms with Gasteiger partial charge < -0.3 is 9.63 Å². The van der Waals surface area contributed by atoms with Crippen molar-refractivity contribution in [1.29, 1.82) is 0 Å². The zero-order valence-electron chi connectivity index (χ0n) is 11.5. The molecule has 5 heteroatoms. The largest absolute Gasteiger partial charge is 0.392 e.